The number of ether oxygens (including phenoxy) is 2. The number of hydrogen-bond donors (Lipinski definition) is 0. The predicted octanol–water partition coefficient (Wildman–Crippen LogP) is 0.808. The summed E-state index contributed by atoms with van der Waals surface area (Å²) >= 11 is 0. The second kappa shape index (κ2) is 3.80. The van der Waals surface area contributed by atoms with E-state index >= 15 is 0 Å². The summed E-state index contributed by atoms with van der Waals surface area (Å²) in [6.45, 7) is 1.01. The minimum atomic E-state index is -0.344. The molecule has 6 heteroatoms. The fourth-order valence-corrected chi connectivity index (χ4v) is 1.63. The Bertz CT molecular complexity index is 361. The quantitative estimate of drug-likeness (QED) is 0.689. The average molecular weight is 212 g/mol. The molecule has 0 atom stereocenters. The van der Waals surface area contributed by atoms with Gasteiger partial charge in [-0.1, -0.05) is 0 Å². The molecule has 2 heterocycles. The van der Waals surface area contributed by atoms with Gasteiger partial charge in [-0.15, -0.1) is 0 Å². The number of hydrogen-bond acceptors (Lipinski definition) is 5. The maximum atomic E-state index is 11.3. The fraction of sp³-hybridized carbons (Fsp3) is 0.556. The normalized spacial score (nSPS) is 14.7. The first-order chi connectivity index (χ1) is 7.26. The number of fused-ring (bicyclic) bond motifs is 1. The highest BCUT2D eigenvalue weighted by Crippen LogP contribution is 2.27. The molecule has 0 aliphatic carbocycles. The van der Waals surface area contributed by atoms with Crippen LogP contribution in [-0.4, -0.2) is 36.9 Å². The van der Waals surface area contributed by atoms with E-state index in [2.05, 4.69) is 9.89 Å². The number of amides is 1. The first kappa shape index (κ1) is 9.82. The maximum Gasteiger partial charge on any atom is 0.409 e. The molecule has 1 aromatic rings. The fourth-order valence-electron chi connectivity index (χ4n) is 1.63. The van der Waals surface area contributed by atoms with Gasteiger partial charge < -0.3 is 18.9 Å². The molecular formula is C9H12N2O4. The van der Waals surface area contributed by atoms with Gasteiger partial charge in [0.15, 0.2) is 0 Å². The third-order valence-corrected chi connectivity index (χ3v) is 2.42. The van der Waals surface area contributed by atoms with Crippen molar-refractivity contribution in [3.63, 3.8) is 0 Å². The van der Waals surface area contributed by atoms with Crippen molar-refractivity contribution >= 4 is 6.09 Å². The SMILES string of the molecule is COC(=O)N1CCc2onc(OC)c2C1. The Labute approximate surface area is 86.7 Å². The molecule has 82 valence electrons. The molecule has 0 saturated heterocycles. The van der Waals surface area contributed by atoms with Gasteiger partial charge in [-0.05, 0) is 5.16 Å². The van der Waals surface area contributed by atoms with Crippen molar-refractivity contribution in [2.75, 3.05) is 20.8 Å². The Morgan fingerprint density at radius 1 is 1.53 bits per heavy atom. The molecule has 0 saturated carbocycles. The largest absolute Gasteiger partial charge is 0.479 e. The zero-order chi connectivity index (χ0) is 10.8. The van der Waals surface area contributed by atoms with Gasteiger partial charge in [0.2, 0.25) is 0 Å². The Kier molecular flexibility index (Phi) is 2.49. The van der Waals surface area contributed by atoms with E-state index < -0.39 is 0 Å². The lowest BCUT2D eigenvalue weighted by molar-refractivity contribution is 0.116. The van der Waals surface area contributed by atoms with E-state index in [9.17, 15) is 4.79 Å². The highest BCUT2D eigenvalue weighted by atomic mass is 16.5. The summed E-state index contributed by atoms with van der Waals surface area (Å²) < 4.78 is 14.8. The summed E-state index contributed by atoms with van der Waals surface area (Å²) in [7, 11) is 2.89. The number of carbonyl (C=O) groups excluding carboxylic acids is 1. The molecule has 0 aromatic carbocycles. The highest BCUT2D eigenvalue weighted by molar-refractivity contribution is 5.68. The van der Waals surface area contributed by atoms with Crippen LogP contribution in [0.5, 0.6) is 5.88 Å². The lowest BCUT2D eigenvalue weighted by Crippen LogP contribution is -2.35. The van der Waals surface area contributed by atoms with Gasteiger partial charge in [-0.3, -0.25) is 0 Å². The van der Waals surface area contributed by atoms with Crippen LogP contribution in [0, 0.1) is 0 Å². The van der Waals surface area contributed by atoms with Crippen molar-refractivity contribution in [3.8, 4) is 5.88 Å². The van der Waals surface area contributed by atoms with E-state index in [0.29, 0.717) is 25.4 Å². The van der Waals surface area contributed by atoms with E-state index in [1.54, 1.807) is 4.90 Å². The molecule has 0 radical (unpaired) electrons. The lowest BCUT2D eigenvalue weighted by Gasteiger charge is -2.24. The standard InChI is InChI=1S/C9H12N2O4/c1-13-8-6-5-11(9(12)14-2)4-3-7(6)15-10-8/h3-5H2,1-2H3. The van der Waals surface area contributed by atoms with Crippen LogP contribution in [0.4, 0.5) is 4.79 Å². The van der Waals surface area contributed by atoms with E-state index in [-0.39, 0.29) is 6.09 Å². The van der Waals surface area contributed by atoms with Crippen LogP contribution >= 0.6 is 0 Å². The van der Waals surface area contributed by atoms with Crippen LogP contribution in [0.15, 0.2) is 4.52 Å². The molecule has 0 N–H and O–H groups in total. The van der Waals surface area contributed by atoms with Gasteiger partial charge in [-0.25, -0.2) is 4.79 Å². The van der Waals surface area contributed by atoms with Crippen LogP contribution < -0.4 is 4.74 Å². The summed E-state index contributed by atoms with van der Waals surface area (Å²) in [5.41, 5.74) is 0.828. The summed E-state index contributed by atoms with van der Waals surface area (Å²) in [5.74, 6) is 1.23. The first-order valence-corrected chi connectivity index (χ1v) is 4.60. The smallest absolute Gasteiger partial charge is 0.409 e. The van der Waals surface area contributed by atoms with Crippen molar-refractivity contribution in [2.45, 2.75) is 13.0 Å². The van der Waals surface area contributed by atoms with Crippen molar-refractivity contribution in [3.05, 3.63) is 11.3 Å². The molecule has 1 aromatic heterocycles. The molecule has 0 unspecified atom stereocenters. The van der Waals surface area contributed by atoms with Crippen molar-refractivity contribution < 1.29 is 18.8 Å². The number of carbonyl (C=O) groups is 1. The molecule has 1 aliphatic rings. The van der Waals surface area contributed by atoms with E-state index in [1.807, 2.05) is 0 Å². The van der Waals surface area contributed by atoms with Crippen LogP contribution in [0.1, 0.15) is 11.3 Å². The van der Waals surface area contributed by atoms with Crippen molar-refractivity contribution in [1.29, 1.82) is 0 Å². The molecule has 15 heavy (non-hydrogen) atoms. The van der Waals surface area contributed by atoms with E-state index in [1.165, 1.54) is 14.2 Å². The summed E-state index contributed by atoms with van der Waals surface area (Å²) in [4.78, 5) is 12.9. The monoisotopic (exact) mass is 212 g/mol. The molecule has 2 rings (SSSR count). The van der Waals surface area contributed by atoms with Gasteiger partial charge in [0.25, 0.3) is 5.88 Å². The average Bonchev–Trinajstić information content (AvgIpc) is 2.69. The molecule has 6 nitrogen and oxygen atoms in total. The van der Waals surface area contributed by atoms with E-state index in [0.717, 1.165) is 11.3 Å². The zero-order valence-corrected chi connectivity index (χ0v) is 8.65. The number of aromatic nitrogens is 1. The van der Waals surface area contributed by atoms with Gasteiger partial charge >= 0.3 is 6.09 Å². The highest BCUT2D eigenvalue weighted by Gasteiger charge is 2.27. The second-order valence-corrected chi connectivity index (χ2v) is 3.24. The van der Waals surface area contributed by atoms with Crippen LogP contribution in [0.2, 0.25) is 0 Å². The lowest BCUT2D eigenvalue weighted by atomic mass is 10.1. The predicted molar refractivity (Wildman–Crippen MR) is 49.6 cm³/mol. The van der Waals surface area contributed by atoms with Crippen LogP contribution in [-0.2, 0) is 17.7 Å². The van der Waals surface area contributed by atoms with Crippen LogP contribution in [0.25, 0.3) is 0 Å². The maximum absolute atomic E-state index is 11.3. The Morgan fingerprint density at radius 3 is 3.00 bits per heavy atom. The minimum Gasteiger partial charge on any atom is -0.479 e. The topological polar surface area (TPSA) is 64.8 Å². The Morgan fingerprint density at radius 2 is 2.33 bits per heavy atom. The molecule has 0 fully saturated rings. The van der Waals surface area contributed by atoms with Crippen molar-refractivity contribution in [2.24, 2.45) is 0 Å². The second-order valence-electron chi connectivity index (χ2n) is 3.24. The molecule has 1 amide bonds. The Hall–Kier alpha value is -1.72. The third kappa shape index (κ3) is 1.62. The minimum absolute atomic E-state index is 0.344. The zero-order valence-electron chi connectivity index (χ0n) is 8.65. The molecular weight excluding hydrogens is 200 g/mol. The molecule has 0 bridgehead atoms. The van der Waals surface area contributed by atoms with E-state index in [4.69, 9.17) is 9.26 Å². The number of nitrogens with zero attached hydrogens (tertiary/aromatic N) is 2. The number of rotatable bonds is 1. The van der Waals surface area contributed by atoms with Gasteiger partial charge in [0.1, 0.15) is 5.76 Å². The first-order valence-electron chi connectivity index (χ1n) is 4.60. The summed E-state index contributed by atoms with van der Waals surface area (Å²) in [6, 6.07) is 0. The third-order valence-electron chi connectivity index (χ3n) is 2.42. The summed E-state index contributed by atoms with van der Waals surface area (Å²) in [6.07, 6.45) is 0.296. The molecule has 1 aliphatic heterocycles. The van der Waals surface area contributed by atoms with Gasteiger partial charge in [0, 0.05) is 13.0 Å². The Balaban J connectivity index is 2.20. The van der Waals surface area contributed by atoms with Gasteiger partial charge in [-0.2, -0.15) is 0 Å². The number of methoxy groups -OCH3 is 2. The van der Waals surface area contributed by atoms with Gasteiger partial charge in [0.05, 0.1) is 26.3 Å². The van der Waals surface area contributed by atoms with Crippen LogP contribution in [0.3, 0.4) is 0 Å². The summed E-state index contributed by atoms with van der Waals surface area (Å²) in [5, 5.41) is 3.76. The van der Waals surface area contributed by atoms with Crippen molar-refractivity contribution in [1.82, 2.24) is 10.1 Å². The molecule has 0 spiro atoms.